The monoisotopic (exact) mass is 352 g/mol. The van der Waals surface area contributed by atoms with Crippen molar-refractivity contribution in [3.8, 4) is 11.1 Å². The van der Waals surface area contributed by atoms with Crippen molar-refractivity contribution in [2.75, 3.05) is 0 Å². The molecule has 0 bridgehead atoms. The Hall–Kier alpha value is -2.62. The lowest BCUT2D eigenvalue weighted by molar-refractivity contribution is -0.157. The van der Waals surface area contributed by atoms with Crippen LogP contribution < -0.4 is 0 Å². The Kier molecular flexibility index (Phi) is 4.86. The van der Waals surface area contributed by atoms with Crippen LogP contribution in [0.3, 0.4) is 0 Å². The molecule has 0 saturated heterocycles. The molecule has 2 aromatic carbocycles. The molecule has 0 heterocycles. The molecule has 0 amide bonds. The first-order valence-corrected chi connectivity index (χ1v) is 8.94. The van der Waals surface area contributed by atoms with Crippen LogP contribution in [-0.2, 0) is 16.0 Å². The van der Waals surface area contributed by atoms with Gasteiger partial charge in [0, 0.05) is 0 Å². The average Bonchev–Trinajstić information content (AvgIpc) is 2.59. The summed E-state index contributed by atoms with van der Waals surface area (Å²) >= 11 is 0. The summed E-state index contributed by atoms with van der Waals surface area (Å²) in [5.74, 6) is -1.37. The summed E-state index contributed by atoms with van der Waals surface area (Å²) < 4.78 is 5.58. The van der Waals surface area contributed by atoms with Crippen LogP contribution in [-0.4, -0.2) is 22.6 Å². The Morgan fingerprint density at radius 3 is 2.54 bits per heavy atom. The van der Waals surface area contributed by atoms with Gasteiger partial charge >= 0.3 is 11.9 Å². The van der Waals surface area contributed by atoms with Crippen LogP contribution in [0.4, 0.5) is 0 Å². The van der Waals surface area contributed by atoms with E-state index in [2.05, 4.69) is 0 Å². The molecule has 0 unspecified atom stereocenters. The maximum atomic E-state index is 12.6. The molecule has 136 valence electrons. The van der Waals surface area contributed by atoms with E-state index >= 15 is 0 Å². The molecule has 0 aliphatic heterocycles. The van der Waals surface area contributed by atoms with Crippen molar-refractivity contribution < 1.29 is 19.4 Å². The minimum Gasteiger partial charge on any atom is -0.478 e. The third-order valence-corrected chi connectivity index (χ3v) is 4.62. The minimum atomic E-state index is -0.940. The number of fused-ring (bicyclic) bond motifs is 1. The molecule has 3 rings (SSSR count). The van der Waals surface area contributed by atoms with E-state index < -0.39 is 11.6 Å². The van der Waals surface area contributed by atoms with Crippen LogP contribution in [0, 0.1) is 0 Å². The molecule has 2 aromatic rings. The van der Waals surface area contributed by atoms with Gasteiger partial charge in [0.05, 0.1) is 11.5 Å². The molecular formula is C22H24O4. The summed E-state index contributed by atoms with van der Waals surface area (Å²) in [6, 6.07) is 12.9. The quantitative estimate of drug-likeness (QED) is 0.805. The van der Waals surface area contributed by atoms with Gasteiger partial charge in [-0.1, -0.05) is 36.4 Å². The first kappa shape index (κ1) is 18.2. The number of esters is 1. The van der Waals surface area contributed by atoms with Crippen molar-refractivity contribution in [3.63, 3.8) is 0 Å². The summed E-state index contributed by atoms with van der Waals surface area (Å²) in [5, 5.41) is 9.43. The van der Waals surface area contributed by atoms with E-state index in [0.29, 0.717) is 5.56 Å². The van der Waals surface area contributed by atoms with E-state index in [1.807, 2.05) is 51.1 Å². The molecule has 4 nitrogen and oxygen atoms in total. The number of carbonyl (C=O) groups is 2. The fourth-order valence-electron chi connectivity index (χ4n) is 3.52. The maximum absolute atomic E-state index is 12.6. The molecule has 0 saturated carbocycles. The lowest BCUT2D eigenvalue weighted by atomic mass is 9.81. The van der Waals surface area contributed by atoms with Gasteiger partial charge in [-0.25, -0.2) is 4.79 Å². The van der Waals surface area contributed by atoms with Gasteiger partial charge in [-0.2, -0.15) is 0 Å². The van der Waals surface area contributed by atoms with Gasteiger partial charge in [-0.05, 0) is 68.4 Å². The van der Waals surface area contributed by atoms with Crippen molar-refractivity contribution in [2.24, 2.45) is 0 Å². The van der Waals surface area contributed by atoms with Crippen molar-refractivity contribution in [2.45, 2.75) is 51.6 Å². The van der Waals surface area contributed by atoms with Gasteiger partial charge in [-0.3, -0.25) is 4.79 Å². The van der Waals surface area contributed by atoms with Gasteiger partial charge in [0.15, 0.2) is 0 Å². The molecular weight excluding hydrogens is 328 g/mol. The molecule has 1 aliphatic carbocycles. The largest absolute Gasteiger partial charge is 0.478 e. The van der Waals surface area contributed by atoms with E-state index in [9.17, 15) is 14.7 Å². The maximum Gasteiger partial charge on any atom is 0.336 e. The number of benzene rings is 2. The second-order valence-corrected chi connectivity index (χ2v) is 7.74. The standard InChI is InChI=1S/C22H24O4/c1-22(2,3)26-21(25)19-10-6-7-14-13-15(11-12-17(14)19)16-8-4-5-9-18(16)20(23)24/h4-5,8-9,11-13,19H,6-7,10H2,1-3H3,(H,23,24)/t19-/m1/s1. The van der Waals surface area contributed by atoms with Crippen molar-refractivity contribution in [1.29, 1.82) is 0 Å². The van der Waals surface area contributed by atoms with E-state index in [1.54, 1.807) is 12.1 Å². The van der Waals surface area contributed by atoms with Crippen LogP contribution in [0.25, 0.3) is 11.1 Å². The Bertz CT molecular complexity index is 845. The van der Waals surface area contributed by atoms with Crippen molar-refractivity contribution in [1.82, 2.24) is 0 Å². The Morgan fingerprint density at radius 1 is 1.12 bits per heavy atom. The Labute approximate surface area is 153 Å². The average molecular weight is 352 g/mol. The van der Waals surface area contributed by atoms with Gasteiger partial charge in [0.2, 0.25) is 0 Å². The number of carbonyl (C=O) groups excluding carboxylic acids is 1. The first-order valence-electron chi connectivity index (χ1n) is 8.94. The summed E-state index contributed by atoms with van der Waals surface area (Å²) in [6.07, 6.45) is 2.59. The van der Waals surface area contributed by atoms with E-state index in [0.717, 1.165) is 36.0 Å². The number of hydrogen-bond donors (Lipinski definition) is 1. The van der Waals surface area contributed by atoms with Crippen LogP contribution in [0.1, 0.15) is 61.0 Å². The summed E-state index contributed by atoms with van der Waals surface area (Å²) in [4.78, 5) is 24.1. The molecule has 1 atom stereocenters. The van der Waals surface area contributed by atoms with Crippen molar-refractivity contribution in [3.05, 3.63) is 59.2 Å². The molecule has 0 aromatic heterocycles. The molecule has 1 aliphatic rings. The highest BCUT2D eigenvalue weighted by molar-refractivity contribution is 5.96. The Balaban J connectivity index is 1.97. The van der Waals surface area contributed by atoms with Crippen LogP contribution in [0.2, 0.25) is 0 Å². The summed E-state index contributed by atoms with van der Waals surface area (Å²) in [6.45, 7) is 5.63. The topological polar surface area (TPSA) is 63.6 Å². The molecule has 0 spiro atoms. The molecule has 26 heavy (non-hydrogen) atoms. The molecule has 0 fully saturated rings. The number of rotatable bonds is 3. The number of carboxylic acids is 1. The lowest BCUT2D eigenvalue weighted by Crippen LogP contribution is -2.29. The van der Waals surface area contributed by atoms with Gasteiger partial charge < -0.3 is 9.84 Å². The highest BCUT2D eigenvalue weighted by Gasteiger charge is 2.30. The van der Waals surface area contributed by atoms with E-state index in [4.69, 9.17) is 4.74 Å². The minimum absolute atomic E-state index is 0.183. The Morgan fingerprint density at radius 2 is 1.85 bits per heavy atom. The highest BCUT2D eigenvalue weighted by atomic mass is 16.6. The van der Waals surface area contributed by atoms with Gasteiger partial charge in [-0.15, -0.1) is 0 Å². The normalized spacial score (nSPS) is 16.7. The SMILES string of the molecule is CC(C)(C)OC(=O)[C@@H]1CCCc2cc(-c3ccccc3C(=O)O)ccc21. The van der Waals surface area contributed by atoms with Crippen LogP contribution in [0.15, 0.2) is 42.5 Å². The van der Waals surface area contributed by atoms with E-state index in [1.165, 1.54) is 0 Å². The lowest BCUT2D eigenvalue weighted by Gasteiger charge is -2.28. The highest BCUT2D eigenvalue weighted by Crippen LogP contribution is 2.36. The van der Waals surface area contributed by atoms with Crippen LogP contribution >= 0.6 is 0 Å². The molecule has 1 N–H and O–H groups in total. The second-order valence-electron chi connectivity index (χ2n) is 7.74. The number of aryl methyl sites for hydroxylation is 1. The zero-order chi connectivity index (χ0) is 18.9. The fourth-order valence-corrected chi connectivity index (χ4v) is 3.52. The first-order chi connectivity index (χ1) is 12.3. The molecule has 0 radical (unpaired) electrons. The smallest absolute Gasteiger partial charge is 0.336 e. The summed E-state index contributed by atoms with van der Waals surface area (Å²) in [5.41, 5.74) is 3.45. The third-order valence-electron chi connectivity index (χ3n) is 4.62. The van der Waals surface area contributed by atoms with Crippen LogP contribution in [0.5, 0.6) is 0 Å². The van der Waals surface area contributed by atoms with E-state index in [-0.39, 0.29) is 17.5 Å². The molecule has 4 heteroatoms. The van der Waals surface area contributed by atoms with Gasteiger partial charge in [0.25, 0.3) is 0 Å². The zero-order valence-electron chi connectivity index (χ0n) is 15.4. The zero-order valence-corrected chi connectivity index (χ0v) is 15.4. The third kappa shape index (κ3) is 3.79. The second kappa shape index (κ2) is 6.94. The predicted molar refractivity (Wildman–Crippen MR) is 100 cm³/mol. The van der Waals surface area contributed by atoms with Crippen molar-refractivity contribution >= 4 is 11.9 Å². The number of hydrogen-bond acceptors (Lipinski definition) is 3. The number of aromatic carboxylic acids is 1. The number of carboxylic acid groups (broad SMARTS) is 1. The fraction of sp³-hybridized carbons (Fsp3) is 0.364. The number of ether oxygens (including phenoxy) is 1. The summed E-state index contributed by atoms with van der Waals surface area (Å²) in [7, 11) is 0. The van der Waals surface area contributed by atoms with Gasteiger partial charge in [0.1, 0.15) is 5.60 Å². The predicted octanol–water partition coefficient (Wildman–Crippen LogP) is 4.81.